The summed E-state index contributed by atoms with van der Waals surface area (Å²) in [6, 6.07) is 4.74. The van der Waals surface area contributed by atoms with E-state index >= 15 is 0 Å². The molecule has 0 aliphatic carbocycles. The van der Waals surface area contributed by atoms with Gasteiger partial charge in [0.05, 0.1) is 12.1 Å². The first kappa shape index (κ1) is 13.3. The van der Waals surface area contributed by atoms with Gasteiger partial charge in [0, 0.05) is 6.07 Å². The first-order chi connectivity index (χ1) is 8.02. The molecule has 0 spiro atoms. The molecule has 0 aliphatic heterocycles. The van der Waals surface area contributed by atoms with Gasteiger partial charge in [-0.3, -0.25) is 9.59 Å². The van der Waals surface area contributed by atoms with E-state index in [1.807, 2.05) is 0 Å². The summed E-state index contributed by atoms with van der Waals surface area (Å²) in [6.45, 7) is -0.334. The van der Waals surface area contributed by atoms with Crippen LogP contribution in [-0.2, 0) is 9.59 Å². The quantitative estimate of drug-likeness (QED) is 0.788. The van der Waals surface area contributed by atoms with Gasteiger partial charge in [-0.05, 0) is 12.1 Å². The number of carbonyl (C=O) groups excluding carboxylic acids is 1. The minimum Gasteiger partial charge on any atom is -0.497 e. The van der Waals surface area contributed by atoms with E-state index in [4.69, 9.17) is 26.2 Å². The molecule has 0 heterocycles. The van der Waals surface area contributed by atoms with Crippen molar-refractivity contribution in [1.29, 1.82) is 0 Å². The number of methoxy groups -OCH3 is 1. The van der Waals surface area contributed by atoms with Gasteiger partial charge in [0.2, 0.25) is 0 Å². The van der Waals surface area contributed by atoms with Crippen molar-refractivity contribution in [3.8, 4) is 11.5 Å². The zero-order valence-corrected chi connectivity index (χ0v) is 9.86. The Hall–Kier alpha value is -1.75. The molecular formula is C11H11ClO5. The van der Waals surface area contributed by atoms with Gasteiger partial charge in [-0.25, -0.2) is 0 Å². The molecule has 17 heavy (non-hydrogen) atoms. The van der Waals surface area contributed by atoms with Crippen molar-refractivity contribution in [2.75, 3.05) is 13.7 Å². The van der Waals surface area contributed by atoms with E-state index in [1.54, 1.807) is 12.1 Å². The van der Waals surface area contributed by atoms with Gasteiger partial charge in [0.15, 0.2) is 5.78 Å². The molecule has 0 radical (unpaired) electrons. The van der Waals surface area contributed by atoms with Crippen molar-refractivity contribution in [2.24, 2.45) is 0 Å². The van der Waals surface area contributed by atoms with Crippen LogP contribution >= 0.6 is 11.6 Å². The highest BCUT2D eigenvalue weighted by molar-refractivity contribution is 6.32. The number of aliphatic carboxylic acids is 1. The van der Waals surface area contributed by atoms with Crippen LogP contribution in [0.1, 0.15) is 6.42 Å². The summed E-state index contributed by atoms with van der Waals surface area (Å²) in [5.74, 6) is -0.897. The number of benzene rings is 1. The normalized spacial score (nSPS) is 9.76. The topological polar surface area (TPSA) is 72.8 Å². The summed E-state index contributed by atoms with van der Waals surface area (Å²) in [6.07, 6.45) is -0.568. The van der Waals surface area contributed by atoms with Crippen molar-refractivity contribution in [2.45, 2.75) is 6.42 Å². The Balaban J connectivity index is 2.62. The molecule has 0 saturated heterocycles. The average molecular weight is 259 g/mol. The zero-order valence-electron chi connectivity index (χ0n) is 9.10. The highest BCUT2D eigenvalue weighted by Gasteiger charge is 2.10. The first-order valence-corrected chi connectivity index (χ1v) is 5.10. The van der Waals surface area contributed by atoms with E-state index in [0.29, 0.717) is 10.8 Å². The molecule has 1 aromatic carbocycles. The van der Waals surface area contributed by atoms with Crippen molar-refractivity contribution in [3.05, 3.63) is 23.2 Å². The lowest BCUT2D eigenvalue weighted by Crippen LogP contribution is -2.15. The Kier molecular flexibility index (Phi) is 4.78. The number of carboxylic acids is 1. The van der Waals surface area contributed by atoms with E-state index in [0.717, 1.165) is 0 Å². The number of Topliss-reactive ketones (excluding diaryl/α,β-unsaturated/α-hetero) is 1. The summed E-state index contributed by atoms with van der Waals surface area (Å²) in [4.78, 5) is 21.4. The molecule has 1 N–H and O–H groups in total. The van der Waals surface area contributed by atoms with Crippen molar-refractivity contribution in [3.63, 3.8) is 0 Å². The SMILES string of the molecule is COc1ccc(Cl)c(OCC(=O)CC(=O)O)c1. The van der Waals surface area contributed by atoms with Crippen LogP contribution in [0.5, 0.6) is 11.5 Å². The second kappa shape index (κ2) is 6.10. The molecule has 6 heteroatoms. The predicted molar refractivity (Wildman–Crippen MR) is 60.8 cm³/mol. The average Bonchev–Trinajstić information content (AvgIpc) is 2.27. The van der Waals surface area contributed by atoms with Gasteiger partial charge >= 0.3 is 5.97 Å². The monoisotopic (exact) mass is 258 g/mol. The first-order valence-electron chi connectivity index (χ1n) is 4.72. The van der Waals surface area contributed by atoms with Crippen LogP contribution in [0.3, 0.4) is 0 Å². The molecule has 1 rings (SSSR count). The number of carboxylic acid groups (broad SMARTS) is 1. The molecule has 5 nitrogen and oxygen atoms in total. The largest absolute Gasteiger partial charge is 0.497 e. The van der Waals surface area contributed by atoms with Crippen molar-refractivity contribution < 1.29 is 24.2 Å². The van der Waals surface area contributed by atoms with Gasteiger partial charge < -0.3 is 14.6 Å². The third kappa shape index (κ3) is 4.32. The maximum Gasteiger partial charge on any atom is 0.311 e. The smallest absolute Gasteiger partial charge is 0.311 e. The van der Waals surface area contributed by atoms with E-state index in [2.05, 4.69) is 0 Å². The fourth-order valence-electron chi connectivity index (χ4n) is 1.10. The summed E-state index contributed by atoms with van der Waals surface area (Å²) < 4.78 is 10.1. The predicted octanol–water partition coefficient (Wildman–Crippen LogP) is 1.77. The Bertz CT molecular complexity index is 430. The van der Waals surface area contributed by atoms with Crippen LogP contribution in [0, 0.1) is 0 Å². The molecule has 92 valence electrons. The molecular weight excluding hydrogens is 248 g/mol. The van der Waals surface area contributed by atoms with E-state index in [9.17, 15) is 9.59 Å². The Labute approximate surface area is 103 Å². The number of ether oxygens (including phenoxy) is 2. The van der Waals surface area contributed by atoms with Gasteiger partial charge in [-0.15, -0.1) is 0 Å². The minimum absolute atomic E-state index is 0.282. The molecule has 0 unspecified atom stereocenters. The lowest BCUT2D eigenvalue weighted by molar-refractivity contribution is -0.140. The zero-order chi connectivity index (χ0) is 12.8. The summed E-state index contributed by atoms with van der Waals surface area (Å²) in [5, 5.41) is 8.72. The van der Waals surface area contributed by atoms with Gasteiger partial charge in [0.25, 0.3) is 0 Å². The molecule has 1 aromatic rings. The second-order valence-corrected chi connectivity index (χ2v) is 3.60. The number of ketones is 1. The Morgan fingerprint density at radius 1 is 1.41 bits per heavy atom. The van der Waals surface area contributed by atoms with E-state index in [-0.39, 0.29) is 12.4 Å². The summed E-state index contributed by atoms with van der Waals surface area (Å²) in [5.41, 5.74) is 0. The van der Waals surface area contributed by atoms with Gasteiger partial charge in [-0.2, -0.15) is 0 Å². The number of hydrogen-bond donors (Lipinski definition) is 1. The molecule has 0 atom stereocenters. The van der Waals surface area contributed by atoms with E-state index in [1.165, 1.54) is 13.2 Å². The summed E-state index contributed by atoms with van der Waals surface area (Å²) in [7, 11) is 1.49. The highest BCUT2D eigenvalue weighted by Crippen LogP contribution is 2.28. The molecule has 0 aromatic heterocycles. The lowest BCUT2D eigenvalue weighted by Gasteiger charge is -2.08. The number of rotatable bonds is 6. The van der Waals surface area contributed by atoms with E-state index < -0.39 is 18.2 Å². The fraction of sp³-hybridized carbons (Fsp3) is 0.273. The van der Waals surface area contributed by atoms with Gasteiger partial charge in [0.1, 0.15) is 24.5 Å². The molecule has 0 fully saturated rings. The second-order valence-electron chi connectivity index (χ2n) is 3.19. The molecule has 0 amide bonds. The van der Waals surface area contributed by atoms with Gasteiger partial charge in [-0.1, -0.05) is 11.6 Å². The standard InChI is InChI=1S/C11H11ClO5/c1-16-8-2-3-9(12)10(5-8)17-6-7(13)4-11(14)15/h2-3,5H,4,6H2,1H3,(H,14,15). The summed E-state index contributed by atoms with van der Waals surface area (Å²) >= 11 is 5.83. The number of hydrogen-bond acceptors (Lipinski definition) is 4. The molecule has 0 bridgehead atoms. The van der Waals surface area contributed by atoms with Crippen LogP contribution in [0.2, 0.25) is 5.02 Å². The van der Waals surface area contributed by atoms with Crippen LogP contribution in [0.15, 0.2) is 18.2 Å². The maximum absolute atomic E-state index is 11.1. The van der Waals surface area contributed by atoms with Crippen LogP contribution < -0.4 is 9.47 Å². The van der Waals surface area contributed by atoms with Crippen LogP contribution in [-0.4, -0.2) is 30.6 Å². The van der Waals surface area contributed by atoms with Crippen molar-refractivity contribution >= 4 is 23.4 Å². The molecule has 0 aliphatic rings. The van der Waals surface area contributed by atoms with Crippen molar-refractivity contribution in [1.82, 2.24) is 0 Å². The highest BCUT2D eigenvalue weighted by atomic mass is 35.5. The maximum atomic E-state index is 11.1. The lowest BCUT2D eigenvalue weighted by atomic mass is 10.3. The fourth-order valence-corrected chi connectivity index (χ4v) is 1.27. The Morgan fingerprint density at radius 3 is 2.71 bits per heavy atom. The third-order valence-electron chi connectivity index (χ3n) is 1.88. The Morgan fingerprint density at radius 2 is 2.12 bits per heavy atom. The number of carbonyl (C=O) groups is 2. The minimum atomic E-state index is -1.18. The van der Waals surface area contributed by atoms with Crippen LogP contribution in [0.4, 0.5) is 0 Å². The molecule has 0 saturated carbocycles. The number of halogens is 1. The third-order valence-corrected chi connectivity index (χ3v) is 2.19. The van der Waals surface area contributed by atoms with Crippen LogP contribution in [0.25, 0.3) is 0 Å².